The minimum absolute atomic E-state index is 0.251. The van der Waals surface area contributed by atoms with Gasteiger partial charge in [-0.25, -0.2) is 0 Å². The van der Waals surface area contributed by atoms with Crippen molar-refractivity contribution in [2.75, 3.05) is 34.5 Å². The number of rotatable bonds is 11. The maximum atomic E-state index is 9.82. The molecule has 0 aromatic heterocycles. The molecule has 32 heavy (non-hydrogen) atoms. The zero-order valence-corrected chi connectivity index (χ0v) is 18.7. The fourth-order valence-electron chi connectivity index (χ4n) is 3.48. The monoisotopic (exact) mass is 432 g/mol. The molecule has 0 atom stereocenters. The fourth-order valence-corrected chi connectivity index (χ4v) is 3.48. The van der Waals surface area contributed by atoms with Crippen LogP contribution in [0.2, 0.25) is 0 Å². The second-order valence-corrected chi connectivity index (χ2v) is 7.08. The Labute approximate surface area is 189 Å². The predicted octanol–water partition coefficient (Wildman–Crippen LogP) is 4.56. The Morgan fingerprint density at radius 2 is 1.62 bits per heavy atom. The maximum Gasteiger partial charge on any atom is 0.130 e. The Morgan fingerprint density at radius 1 is 0.906 bits per heavy atom. The number of methoxy groups -OCH3 is 3. The van der Waals surface area contributed by atoms with E-state index in [1.165, 1.54) is 0 Å². The summed E-state index contributed by atoms with van der Waals surface area (Å²) in [5.74, 6) is 1.94. The summed E-state index contributed by atoms with van der Waals surface area (Å²) < 4.78 is 22.3. The molecular formula is C26H28N2O4. The van der Waals surface area contributed by atoms with Gasteiger partial charge in [-0.15, -0.1) is 0 Å². The van der Waals surface area contributed by atoms with Gasteiger partial charge in [0.05, 0.1) is 32.0 Å². The highest BCUT2D eigenvalue weighted by molar-refractivity contribution is 5.72. The normalized spacial score (nSPS) is 10.4. The molecule has 0 spiro atoms. The molecule has 0 aliphatic carbocycles. The molecule has 3 rings (SSSR count). The summed E-state index contributed by atoms with van der Waals surface area (Å²) in [6, 6.07) is 21.7. The maximum absolute atomic E-state index is 9.82. The largest absolute Gasteiger partial charge is 0.496 e. The van der Waals surface area contributed by atoms with Gasteiger partial charge in [-0.1, -0.05) is 48.5 Å². The Hall–Kier alpha value is -3.53. The van der Waals surface area contributed by atoms with Crippen molar-refractivity contribution in [3.8, 4) is 34.4 Å². The molecule has 0 saturated heterocycles. The average Bonchev–Trinajstić information content (AvgIpc) is 2.85. The number of hydrogen-bond acceptors (Lipinski definition) is 6. The van der Waals surface area contributed by atoms with Crippen LogP contribution < -0.4 is 19.5 Å². The summed E-state index contributed by atoms with van der Waals surface area (Å²) in [5.41, 5.74) is 4.22. The lowest BCUT2D eigenvalue weighted by molar-refractivity contribution is 0.199. The Balaban J connectivity index is 1.82. The lowest BCUT2D eigenvalue weighted by Crippen LogP contribution is -2.19. The molecule has 3 aromatic rings. The van der Waals surface area contributed by atoms with E-state index in [9.17, 15) is 5.26 Å². The molecule has 0 unspecified atom stereocenters. The first-order valence-corrected chi connectivity index (χ1v) is 10.4. The van der Waals surface area contributed by atoms with Crippen molar-refractivity contribution in [1.29, 1.82) is 5.26 Å². The Morgan fingerprint density at radius 3 is 2.25 bits per heavy atom. The molecule has 0 radical (unpaired) electrons. The number of benzene rings is 3. The summed E-state index contributed by atoms with van der Waals surface area (Å²) >= 11 is 0. The number of nitriles is 1. The van der Waals surface area contributed by atoms with Gasteiger partial charge < -0.3 is 24.3 Å². The molecular weight excluding hydrogens is 404 g/mol. The molecule has 1 N–H and O–H groups in total. The van der Waals surface area contributed by atoms with Gasteiger partial charge in [0, 0.05) is 37.9 Å². The van der Waals surface area contributed by atoms with Crippen molar-refractivity contribution in [2.24, 2.45) is 0 Å². The van der Waals surface area contributed by atoms with Gasteiger partial charge in [-0.2, -0.15) is 5.26 Å². The molecule has 0 fully saturated rings. The molecule has 0 amide bonds. The number of nitrogens with one attached hydrogen (secondary N) is 1. The Kier molecular flexibility index (Phi) is 8.50. The van der Waals surface area contributed by atoms with E-state index in [4.69, 9.17) is 18.9 Å². The van der Waals surface area contributed by atoms with Crippen LogP contribution in [-0.2, 0) is 17.9 Å². The van der Waals surface area contributed by atoms with Gasteiger partial charge in [-0.05, 0) is 11.1 Å². The lowest BCUT2D eigenvalue weighted by Gasteiger charge is -2.17. The standard InChI is InChI=1S/C26H28N2O4/c1-29-13-12-28-17-24-25(30-2)14-21(15-26(24)31-3)32-18-20-10-7-11-22(23(20)16-27)19-8-5-4-6-9-19/h4-11,14-15,28H,12-13,17-18H2,1-3H3. The van der Waals surface area contributed by atoms with Gasteiger partial charge in [0.15, 0.2) is 0 Å². The summed E-state index contributed by atoms with van der Waals surface area (Å²) in [4.78, 5) is 0. The summed E-state index contributed by atoms with van der Waals surface area (Å²) in [7, 11) is 4.91. The van der Waals surface area contributed by atoms with Crippen LogP contribution in [0.3, 0.4) is 0 Å². The second-order valence-electron chi connectivity index (χ2n) is 7.08. The summed E-state index contributed by atoms with van der Waals surface area (Å²) in [5, 5.41) is 13.1. The van der Waals surface area contributed by atoms with E-state index >= 15 is 0 Å². The van der Waals surface area contributed by atoms with Gasteiger partial charge in [0.25, 0.3) is 0 Å². The van der Waals surface area contributed by atoms with Crippen molar-refractivity contribution in [2.45, 2.75) is 13.2 Å². The topological polar surface area (TPSA) is 72.7 Å². The third-order valence-corrected chi connectivity index (χ3v) is 5.11. The second kappa shape index (κ2) is 11.8. The summed E-state index contributed by atoms with van der Waals surface area (Å²) in [6.07, 6.45) is 0. The molecule has 0 aliphatic rings. The minimum atomic E-state index is 0.251. The van der Waals surface area contributed by atoms with E-state index in [2.05, 4.69) is 11.4 Å². The van der Waals surface area contributed by atoms with Gasteiger partial charge >= 0.3 is 0 Å². The first-order valence-electron chi connectivity index (χ1n) is 10.4. The Bertz CT molecular complexity index is 1040. The predicted molar refractivity (Wildman–Crippen MR) is 124 cm³/mol. The van der Waals surface area contributed by atoms with E-state index in [-0.39, 0.29) is 6.61 Å². The minimum Gasteiger partial charge on any atom is -0.496 e. The lowest BCUT2D eigenvalue weighted by atomic mass is 9.96. The van der Waals surface area contributed by atoms with E-state index in [0.29, 0.717) is 36.0 Å². The SMILES string of the molecule is COCCNCc1c(OC)cc(OCc2cccc(-c3ccccc3)c2C#N)cc1OC. The number of hydrogen-bond donors (Lipinski definition) is 1. The molecule has 0 saturated carbocycles. The molecule has 0 aliphatic heterocycles. The number of ether oxygens (including phenoxy) is 4. The quantitative estimate of drug-likeness (QED) is 0.448. The van der Waals surface area contributed by atoms with Crippen molar-refractivity contribution in [3.05, 3.63) is 77.4 Å². The third-order valence-electron chi connectivity index (χ3n) is 5.11. The van der Waals surface area contributed by atoms with Crippen LogP contribution >= 0.6 is 0 Å². The molecule has 3 aromatic carbocycles. The van der Waals surface area contributed by atoms with Crippen LogP contribution in [0.25, 0.3) is 11.1 Å². The fraction of sp³-hybridized carbons (Fsp3) is 0.269. The molecule has 0 heterocycles. The first-order chi connectivity index (χ1) is 15.7. The zero-order valence-electron chi connectivity index (χ0n) is 18.7. The molecule has 6 heteroatoms. The van der Waals surface area contributed by atoms with Crippen LogP contribution in [-0.4, -0.2) is 34.5 Å². The van der Waals surface area contributed by atoms with Crippen LogP contribution in [0.5, 0.6) is 17.2 Å². The van der Waals surface area contributed by atoms with Crippen molar-refractivity contribution in [1.82, 2.24) is 5.32 Å². The zero-order chi connectivity index (χ0) is 22.8. The highest BCUT2D eigenvalue weighted by Gasteiger charge is 2.15. The molecule has 0 bridgehead atoms. The van der Waals surface area contributed by atoms with Crippen molar-refractivity contribution < 1.29 is 18.9 Å². The first kappa shape index (κ1) is 23.1. The highest BCUT2D eigenvalue weighted by atomic mass is 16.5. The van der Waals surface area contributed by atoms with Gasteiger partial charge in [0.2, 0.25) is 0 Å². The van der Waals surface area contributed by atoms with Crippen molar-refractivity contribution in [3.63, 3.8) is 0 Å². The van der Waals surface area contributed by atoms with Crippen LogP contribution in [0.4, 0.5) is 0 Å². The van der Waals surface area contributed by atoms with Crippen LogP contribution in [0, 0.1) is 11.3 Å². The van der Waals surface area contributed by atoms with Gasteiger partial charge in [-0.3, -0.25) is 0 Å². The van der Waals surface area contributed by atoms with E-state index < -0.39 is 0 Å². The van der Waals surface area contributed by atoms with E-state index in [1.807, 2.05) is 60.7 Å². The molecule has 6 nitrogen and oxygen atoms in total. The highest BCUT2D eigenvalue weighted by Crippen LogP contribution is 2.35. The van der Waals surface area contributed by atoms with Crippen molar-refractivity contribution >= 4 is 0 Å². The smallest absolute Gasteiger partial charge is 0.130 e. The van der Waals surface area contributed by atoms with Gasteiger partial charge in [0.1, 0.15) is 29.9 Å². The third kappa shape index (κ3) is 5.58. The summed E-state index contributed by atoms with van der Waals surface area (Å²) in [6.45, 7) is 2.17. The van der Waals surface area contributed by atoms with Crippen LogP contribution in [0.15, 0.2) is 60.7 Å². The van der Waals surface area contributed by atoms with E-state index in [0.717, 1.165) is 28.8 Å². The van der Waals surface area contributed by atoms with E-state index in [1.54, 1.807) is 21.3 Å². The van der Waals surface area contributed by atoms with Crippen LogP contribution in [0.1, 0.15) is 16.7 Å². The average molecular weight is 433 g/mol. The number of nitrogens with zero attached hydrogens (tertiary/aromatic N) is 1. The molecule has 166 valence electrons.